The van der Waals surface area contributed by atoms with Crippen molar-refractivity contribution in [3.63, 3.8) is 0 Å². The normalized spacial score (nSPS) is 41.9. The second kappa shape index (κ2) is 23.4. The van der Waals surface area contributed by atoms with Gasteiger partial charge in [-0.2, -0.15) is 0 Å². The van der Waals surface area contributed by atoms with Crippen molar-refractivity contribution in [1.29, 1.82) is 0 Å². The molecule has 3 N–H and O–H groups in total. The number of hydrogen-bond donors (Lipinski definition) is 3. The second-order valence-electron chi connectivity index (χ2n) is 15.9. The minimum Gasteiger partial charge on any atom is -0.462 e. The molecule has 0 bridgehead atoms. The standard InChI is InChI=1S/C42H69NO14/c1-12-18-52-32-21-33(46)56-31(13-2)29(22-53-42-40(51-11)39(50-10)36(48)27(7)55-42)19-23(3)14-15-30(45)24(4)20-28(16-17-44)38(25(32)5)57-41-37(49)34(43(8)9)35(47)26(6)54-41/h12,14-15,17,19,24-29,31-32,34-42,47-49H,1,13,16,18,20-22H2,2-11H3/b15-14+,23-19+/t24-,25+,26-,27-,28+,29-,31-,32-,34+,35-,36-,37-,38-,39-,40-,41+,42-/m1/s1. The molecule has 0 spiro atoms. The first kappa shape index (κ1) is 49.0. The summed E-state index contributed by atoms with van der Waals surface area (Å²) >= 11 is 0. The van der Waals surface area contributed by atoms with Gasteiger partial charge in [-0.05, 0) is 59.7 Å². The number of aldehydes is 1. The molecule has 2 saturated heterocycles. The Balaban J connectivity index is 2.04. The summed E-state index contributed by atoms with van der Waals surface area (Å²) in [6.07, 6.45) is -2.58. The molecule has 15 heteroatoms. The van der Waals surface area contributed by atoms with Crippen molar-refractivity contribution in [1.82, 2.24) is 4.90 Å². The van der Waals surface area contributed by atoms with Crippen LogP contribution in [0.5, 0.6) is 0 Å². The molecule has 0 aliphatic carbocycles. The van der Waals surface area contributed by atoms with E-state index >= 15 is 0 Å². The highest BCUT2D eigenvalue weighted by Crippen LogP contribution is 2.35. The van der Waals surface area contributed by atoms with E-state index < -0.39 is 109 Å². The molecule has 3 rings (SSSR count). The Bertz CT molecular complexity index is 1340. The van der Waals surface area contributed by atoms with Gasteiger partial charge in [0, 0.05) is 38.4 Å². The van der Waals surface area contributed by atoms with E-state index in [2.05, 4.69) is 6.58 Å². The molecule has 0 radical (unpaired) electrons. The molecule has 326 valence electrons. The summed E-state index contributed by atoms with van der Waals surface area (Å²) in [6, 6.07) is -0.723. The van der Waals surface area contributed by atoms with Crippen LogP contribution in [-0.4, -0.2) is 159 Å². The number of hydrogen-bond acceptors (Lipinski definition) is 15. The van der Waals surface area contributed by atoms with Crippen LogP contribution in [0.25, 0.3) is 0 Å². The summed E-state index contributed by atoms with van der Waals surface area (Å²) in [4.78, 5) is 41.6. The summed E-state index contributed by atoms with van der Waals surface area (Å²) < 4.78 is 48.5. The number of esters is 1. The summed E-state index contributed by atoms with van der Waals surface area (Å²) in [5, 5.41) is 33.0. The van der Waals surface area contributed by atoms with Crippen molar-refractivity contribution in [3.8, 4) is 0 Å². The molecule has 3 heterocycles. The van der Waals surface area contributed by atoms with Gasteiger partial charge >= 0.3 is 5.97 Å². The second-order valence-corrected chi connectivity index (χ2v) is 15.9. The maximum atomic E-state index is 14.0. The number of cyclic esters (lactones) is 1. The van der Waals surface area contributed by atoms with Crippen molar-refractivity contribution in [2.75, 3.05) is 41.5 Å². The minimum absolute atomic E-state index is 0.0170. The molecular formula is C42H69NO14. The summed E-state index contributed by atoms with van der Waals surface area (Å²) in [6.45, 7) is 14.7. The van der Waals surface area contributed by atoms with Gasteiger partial charge in [0.25, 0.3) is 0 Å². The molecule has 17 atom stereocenters. The topological polar surface area (TPSA) is 189 Å². The van der Waals surface area contributed by atoms with Gasteiger partial charge in [0.2, 0.25) is 0 Å². The third kappa shape index (κ3) is 13.0. The average molecular weight is 812 g/mol. The largest absolute Gasteiger partial charge is 0.462 e. The molecule has 0 amide bonds. The number of aliphatic hydroxyl groups excluding tert-OH is 3. The Morgan fingerprint density at radius 3 is 2.16 bits per heavy atom. The van der Waals surface area contributed by atoms with Crippen LogP contribution in [-0.2, 0) is 52.3 Å². The Morgan fingerprint density at radius 2 is 1.56 bits per heavy atom. The molecule has 15 nitrogen and oxygen atoms in total. The Morgan fingerprint density at radius 1 is 0.912 bits per heavy atom. The van der Waals surface area contributed by atoms with E-state index in [0.29, 0.717) is 6.42 Å². The zero-order valence-corrected chi connectivity index (χ0v) is 35.4. The number of rotatable bonds is 14. The first-order valence-corrected chi connectivity index (χ1v) is 20.1. The lowest BCUT2D eigenvalue weighted by atomic mass is 9.79. The maximum Gasteiger partial charge on any atom is 0.308 e. The molecule has 0 saturated carbocycles. The number of nitrogens with zero attached hydrogens (tertiary/aromatic N) is 1. The molecule has 0 aromatic heterocycles. The van der Waals surface area contributed by atoms with E-state index in [9.17, 15) is 29.7 Å². The fraction of sp³-hybridized carbons (Fsp3) is 0.786. The van der Waals surface area contributed by atoms with Crippen LogP contribution in [0, 0.1) is 23.7 Å². The van der Waals surface area contributed by atoms with Crippen molar-refractivity contribution >= 4 is 18.0 Å². The van der Waals surface area contributed by atoms with Crippen molar-refractivity contribution in [3.05, 3.63) is 36.5 Å². The molecule has 0 aromatic rings. The van der Waals surface area contributed by atoms with Crippen LogP contribution < -0.4 is 0 Å². The molecular weight excluding hydrogens is 742 g/mol. The lowest BCUT2D eigenvalue weighted by Crippen LogP contribution is -2.63. The molecule has 0 aromatic carbocycles. The maximum absolute atomic E-state index is 14.0. The zero-order chi connectivity index (χ0) is 42.6. The van der Waals surface area contributed by atoms with E-state index in [4.69, 9.17) is 37.9 Å². The van der Waals surface area contributed by atoms with Crippen LogP contribution in [0.3, 0.4) is 0 Å². The Labute approximate surface area is 338 Å². The molecule has 0 unspecified atom stereocenters. The quantitative estimate of drug-likeness (QED) is 0.132. The number of likely N-dealkylation sites (N-methyl/N-ethyl adjacent to an activating group) is 1. The lowest BCUT2D eigenvalue weighted by Gasteiger charge is -2.46. The lowest BCUT2D eigenvalue weighted by molar-refractivity contribution is -0.304. The van der Waals surface area contributed by atoms with Gasteiger partial charge in [0.15, 0.2) is 18.4 Å². The number of methoxy groups -OCH3 is 2. The van der Waals surface area contributed by atoms with Gasteiger partial charge in [-0.3, -0.25) is 9.59 Å². The van der Waals surface area contributed by atoms with Crippen LogP contribution >= 0.6 is 0 Å². The highest BCUT2D eigenvalue weighted by atomic mass is 16.7. The number of allylic oxidation sites excluding steroid dienone is 3. The first-order chi connectivity index (χ1) is 27.0. The number of carbonyl (C=O) groups excluding carboxylic acids is 3. The number of ether oxygens (including phenoxy) is 8. The van der Waals surface area contributed by atoms with Gasteiger partial charge in [-0.1, -0.05) is 44.6 Å². The summed E-state index contributed by atoms with van der Waals surface area (Å²) in [5.41, 5.74) is 0.721. The highest BCUT2D eigenvalue weighted by Gasteiger charge is 2.48. The van der Waals surface area contributed by atoms with Crippen molar-refractivity contribution in [2.24, 2.45) is 23.7 Å². The van der Waals surface area contributed by atoms with E-state index in [-0.39, 0.29) is 38.3 Å². The number of aliphatic hydroxyl groups is 3. The van der Waals surface area contributed by atoms with E-state index in [1.165, 1.54) is 20.3 Å². The van der Waals surface area contributed by atoms with E-state index in [1.807, 2.05) is 26.8 Å². The SMILES string of the molecule is C=CCO[C@@H]1CC(=O)O[C@H](CC)[C@@H](CO[C@@H]2O[C@H](C)[C@@H](O)[C@@H](OC)[C@H]2OC)/C=C(C)/C=C/C(=O)[C@H](C)C[C@H](CC=O)[C@H](O[C@@H]2O[C@H](C)[C@@H](O)[C@H](N(C)C)[C@H]2O)[C@H]1C. The van der Waals surface area contributed by atoms with Crippen molar-refractivity contribution < 1.29 is 67.6 Å². The number of ketones is 1. The molecule has 2 fully saturated rings. The molecule has 57 heavy (non-hydrogen) atoms. The van der Waals surface area contributed by atoms with Gasteiger partial charge in [-0.15, -0.1) is 6.58 Å². The summed E-state index contributed by atoms with van der Waals surface area (Å²) in [7, 11) is 6.43. The van der Waals surface area contributed by atoms with Crippen LogP contribution in [0.1, 0.15) is 67.2 Å². The smallest absolute Gasteiger partial charge is 0.308 e. The Kier molecular flexibility index (Phi) is 20.1. The highest BCUT2D eigenvalue weighted by molar-refractivity contribution is 5.91. The van der Waals surface area contributed by atoms with Crippen LogP contribution in [0.2, 0.25) is 0 Å². The summed E-state index contributed by atoms with van der Waals surface area (Å²) in [5.74, 6) is -2.92. The monoisotopic (exact) mass is 811 g/mol. The average Bonchev–Trinajstić information content (AvgIpc) is 3.17. The third-order valence-electron chi connectivity index (χ3n) is 11.5. The predicted octanol–water partition coefficient (Wildman–Crippen LogP) is 2.77. The third-order valence-corrected chi connectivity index (χ3v) is 11.5. The first-order valence-electron chi connectivity index (χ1n) is 20.1. The fourth-order valence-corrected chi connectivity index (χ4v) is 8.15. The number of carbonyl (C=O) groups is 3. The van der Waals surface area contributed by atoms with Gasteiger partial charge < -0.3 is 62.9 Å². The van der Waals surface area contributed by atoms with Gasteiger partial charge in [0.05, 0.1) is 56.2 Å². The van der Waals surface area contributed by atoms with Crippen LogP contribution in [0.4, 0.5) is 0 Å². The van der Waals surface area contributed by atoms with Gasteiger partial charge in [0.1, 0.15) is 36.8 Å². The minimum atomic E-state index is -1.28. The fourth-order valence-electron chi connectivity index (χ4n) is 8.15. The van der Waals surface area contributed by atoms with Crippen LogP contribution in [0.15, 0.2) is 36.5 Å². The van der Waals surface area contributed by atoms with Gasteiger partial charge in [-0.25, -0.2) is 0 Å². The Hall–Kier alpha value is -2.41. The molecule has 3 aliphatic rings. The zero-order valence-electron chi connectivity index (χ0n) is 35.4. The van der Waals surface area contributed by atoms with E-state index in [0.717, 1.165) is 11.9 Å². The van der Waals surface area contributed by atoms with E-state index in [1.54, 1.807) is 51.9 Å². The molecule has 3 aliphatic heterocycles. The van der Waals surface area contributed by atoms with Crippen molar-refractivity contribution in [2.45, 2.75) is 147 Å². The predicted molar refractivity (Wildman–Crippen MR) is 210 cm³/mol.